The fourth-order valence-electron chi connectivity index (χ4n) is 2.20. The first kappa shape index (κ1) is 14.9. The zero-order valence-electron chi connectivity index (χ0n) is 11.3. The van der Waals surface area contributed by atoms with Gasteiger partial charge in [-0.3, -0.25) is 0 Å². The number of carbonyl (C=O) groups excluding carboxylic acids is 1. The van der Waals surface area contributed by atoms with E-state index in [0.717, 1.165) is 0 Å². The molecule has 1 saturated heterocycles. The Hall–Kier alpha value is -1.47. The van der Waals surface area contributed by atoms with Gasteiger partial charge in [-0.1, -0.05) is 18.2 Å². The molecular weight excluding hydrogens is 264 g/mol. The van der Waals surface area contributed by atoms with E-state index in [1.165, 1.54) is 7.11 Å². The Balaban J connectivity index is 2.12. The summed E-state index contributed by atoms with van der Waals surface area (Å²) in [5.41, 5.74) is 0.398. The average molecular weight is 282 g/mol. The third-order valence-electron chi connectivity index (χ3n) is 3.29. The smallest absolute Gasteiger partial charge is 0.338 e. The van der Waals surface area contributed by atoms with Crippen LogP contribution in [0, 0.1) is 0 Å². The summed E-state index contributed by atoms with van der Waals surface area (Å²) in [5.74, 6) is -0.531. The summed E-state index contributed by atoms with van der Waals surface area (Å²) in [6.07, 6.45) is -4.87. The Morgan fingerprint density at radius 2 is 1.85 bits per heavy atom. The number of methoxy groups -OCH3 is 1. The van der Waals surface area contributed by atoms with Crippen molar-refractivity contribution in [1.82, 2.24) is 0 Å². The third-order valence-corrected chi connectivity index (χ3v) is 3.29. The average Bonchev–Trinajstić information content (AvgIpc) is 2.46. The molecular formula is C14H18O6. The van der Waals surface area contributed by atoms with Gasteiger partial charge in [0.1, 0.15) is 12.2 Å². The number of rotatable bonds is 3. The summed E-state index contributed by atoms with van der Waals surface area (Å²) in [6, 6.07) is 8.50. The first-order valence-electron chi connectivity index (χ1n) is 6.35. The third kappa shape index (κ3) is 2.99. The number of esters is 1. The zero-order chi connectivity index (χ0) is 14.7. The summed E-state index contributed by atoms with van der Waals surface area (Å²) in [6.45, 7) is 1.64. The van der Waals surface area contributed by atoms with E-state index in [2.05, 4.69) is 0 Å². The highest BCUT2D eigenvalue weighted by Crippen LogP contribution is 2.25. The van der Waals surface area contributed by atoms with E-state index in [1.807, 2.05) is 0 Å². The quantitative estimate of drug-likeness (QED) is 0.777. The van der Waals surface area contributed by atoms with Crippen LogP contribution in [0.25, 0.3) is 0 Å². The number of aliphatic hydroxyl groups excluding tert-OH is 2. The van der Waals surface area contributed by atoms with Crippen LogP contribution in [-0.4, -0.2) is 54.0 Å². The predicted octanol–water partition coefficient (Wildman–Crippen LogP) is 0.325. The number of hydrogen-bond donors (Lipinski definition) is 2. The molecule has 5 atom stereocenters. The van der Waals surface area contributed by atoms with E-state index in [4.69, 9.17) is 14.2 Å². The van der Waals surface area contributed by atoms with Gasteiger partial charge >= 0.3 is 5.97 Å². The van der Waals surface area contributed by atoms with Crippen LogP contribution in [0.1, 0.15) is 17.3 Å². The van der Waals surface area contributed by atoms with Crippen molar-refractivity contribution in [1.29, 1.82) is 0 Å². The lowest BCUT2D eigenvalue weighted by Crippen LogP contribution is -2.58. The maximum atomic E-state index is 12.0. The highest BCUT2D eigenvalue weighted by Gasteiger charge is 2.45. The van der Waals surface area contributed by atoms with Crippen molar-refractivity contribution in [3.05, 3.63) is 35.9 Å². The van der Waals surface area contributed by atoms with Crippen LogP contribution in [0.15, 0.2) is 30.3 Å². The molecule has 1 fully saturated rings. The minimum atomic E-state index is -1.36. The Bertz CT molecular complexity index is 448. The van der Waals surface area contributed by atoms with Crippen molar-refractivity contribution >= 4 is 5.97 Å². The molecule has 110 valence electrons. The molecule has 2 rings (SSSR count). The standard InChI is InChI=1S/C14H18O6/c1-8-11(12(18-2)10(15)14(17)19-8)20-13(16)9-6-4-3-5-7-9/h3-8,10-12,14-15,17H,1-2H3/t8-,10+,11-,12+,14?/m1/s1. The largest absolute Gasteiger partial charge is 0.453 e. The first-order chi connectivity index (χ1) is 9.54. The maximum Gasteiger partial charge on any atom is 0.338 e. The van der Waals surface area contributed by atoms with Gasteiger partial charge < -0.3 is 24.4 Å². The molecule has 1 aliphatic rings. The molecule has 0 saturated carbocycles. The molecule has 0 bridgehead atoms. The highest BCUT2D eigenvalue weighted by atomic mass is 16.7. The molecule has 1 aromatic rings. The van der Waals surface area contributed by atoms with Gasteiger partial charge in [0.15, 0.2) is 12.4 Å². The second-order valence-electron chi connectivity index (χ2n) is 4.66. The van der Waals surface area contributed by atoms with Gasteiger partial charge in [-0.05, 0) is 19.1 Å². The van der Waals surface area contributed by atoms with Gasteiger partial charge in [-0.25, -0.2) is 4.79 Å². The molecule has 0 amide bonds. The van der Waals surface area contributed by atoms with Crippen LogP contribution in [0.2, 0.25) is 0 Å². The Morgan fingerprint density at radius 1 is 1.20 bits per heavy atom. The van der Waals surface area contributed by atoms with Gasteiger partial charge in [0, 0.05) is 7.11 Å². The summed E-state index contributed by atoms with van der Waals surface area (Å²) in [4.78, 5) is 12.0. The van der Waals surface area contributed by atoms with E-state index in [-0.39, 0.29) is 0 Å². The molecule has 6 heteroatoms. The molecule has 6 nitrogen and oxygen atoms in total. The van der Waals surface area contributed by atoms with Gasteiger partial charge in [0.2, 0.25) is 0 Å². The fraction of sp³-hybridized carbons (Fsp3) is 0.500. The van der Waals surface area contributed by atoms with Crippen LogP contribution >= 0.6 is 0 Å². The Labute approximate surface area is 116 Å². The van der Waals surface area contributed by atoms with Crippen molar-refractivity contribution in [2.45, 2.75) is 37.6 Å². The second kappa shape index (κ2) is 6.32. The summed E-state index contributed by atoms with van der Waals surface area (Å²) in [5, 5.41) is 19.3. The molecule has 2 N–H and O–H groups in total. The van der Waals surface area contributed by atoms with Crippen molar-refractivity contribution in [2.75, 3.05) is 7.11 Å². The Kier molecular flexibility index (Phi) is 4.72. The van der Waals surface area contributed by atoms with E-state index in [9.17, 15) is 15.0 Å². The predicted molar refractivity (Wildman–Crippen MR) is 69.0 cm³/mol. The topological polar surface area (TPSA) is 85.2 Å². The van der Waals surface area contributed by atoms with Gasteiger partial charge in [-0.2, -0.15) is 0 Å². The minimum absolute atomic E-state index is 0.398. The van der Waals surface area contributed by atoms with E-state index in [0.29, 0.717) is 5.56 Å². The van der Waals surface area contributed by atoms with Crippen molar-refractivity contribution in [2.24, 2.45) is 0 Å². The number of hydrogen-bond acceptors (Lipinski definition) is 6. The summed E-state index contributed by atoms with van der Waals surface area (Å²) >= 11 is 0. The number of carbonyl (C=O) groups is 1. The van der Waals surface area contributed by atoms with Crippen LogP contribution in [0.5, 0.6) is 0 Å². The molecule has 0 radical (unpaired) electrons. The van der Waals surface area contributed by atoms with E-state index >= 15 is 0 Å². The molecule has 20 heavy (non-hydrogen) atoms. The SMILES string of the molecule is CO[C@@H]1[C@H](OC(=O)c2ccccc2)[C@@H](C)OC(O)[C@H]1O. The van der Waals surface area contributed by atoms with Crippen LogP contribution < -0.4 is 0 Å². The molecule has 0 aromatic heterocycles. The fourth-order valence-corrected chi connectivity index (χ4v) is 2.20. The Morgan fingerprint density at radius 3 is 2.45 bits per heavy atom. The summed E-state index contributed by atoms with van der Waals surface area (Å²) in [7, 11) is 1.38. The lowest BCUT2D eigenvalue weighted by Gasteiger charge is -2.40. The number of aliphatic hydroxyl groups is 2. The highest BCUT2D eigenvalue weighted by molar-refractivity contribution is 5.89. The molecule has 1 unspecified atom stereocenters. The normalized spacial score (nSPS) is 33.7. The molecule has 0 spiro atoms. The van der Waals surface area contributed by atoms with Gasteiger partial charge in [0.25, 0.3) is 0 Å². The van der Waals surface area contributed by atoms with Crippen molar-refractivity contribution in [3.8, 4) is 0 Å². The lowest BCUT2D eigenvalue weighted by molar-refractivity contribution is -0.281. The molecule has 0 aliphatic carbocycles. The van der Waals surface area contributed by atoms with E-state index < -0.39 is 36.7 Å². The van der Waals surface area contributed by atoms with Crippen LogP contribution in [0.4, 0.5) is 0 Å². The maximum absolute atomic E-state index is 12.0. The van der Waals surface area contributed by atoms with E-state index in [1.54, 1.807) is 37.3 Å². The van der Waals surface area contributed by atoms with Crippen molar-refractivity contribution in [3.63, 3.8) is 0 Å². The van der Waals surface area contributed by atoms with Crippen molar-refractivity contribution < 1.29 is 29.2 Å². The minimum Gasteiger partial charge on any atom is -0.453 e. The monoisotopic (exact) mass is 282 g/mol. The second-order valence-corrected chi connectivity index (χ2v) is 4.66. The van der Waals surface area contributed by atoms with Crippen LogP contribution in [0.3, 0.4) is 0 Å². The number of benzene rings is 1. The van der Waals surface area contributed by atoms with Crippen LogP contribution in [-0.2, 0) is 14.2 Å². The van der Waals surface area contributed by atoms with Gasteiger partial charge in [-0.15, -0.1) is 0 Å². The first-order valence-corrected chi connectivity index (χ1v) is 6.35. The number of ether oxygens (including phenoxy) is 3. The molecule has 1 aromatic carbocycles. The summed E-state index contributed by atoms with van der Waals surface area (Å²) < 4.78 is 15.6. The molecule has 1 heterocycles. The van der Waals surface area contributed by atoms with Gasteiger partial charge in [0.05, 0.1) is 11.7 Å². The molecule has 1 aliphatic heterocycles. The lowest BCUT2D eigenvalue weighted by atomic mass is 9.99. The zero-order valence-corrected chi connectivity index (χ0v) is 11.3.